The van der Waals surface area contributed by atoms with Crippen LogP contribution in [0.25, 0.3) is 0 Å². The van der Waals surface area contributed by atoms with E-state index in [1.54, 1.807) is 6.33 Å². The van der Waals surface area contributed by atoms with Gasteiger partial charge in [-0.15, -0.1) is 10.2 Å². The van der Waals surface area contributed by atoms with Gasteiger partial charge in [0.25, 0.3) is 0 Å². The molecule has 1 unspecified atom stereocenters. The number of nitrogens with zero attached hydrogens (tertiary/aromatic N) is 4. The minimum absolute atomic E-state index is 0.202. The summed E-state index contributed by atoms with van der Waals surface area (Å²) in [5, 5.41) is 11.4. The van der Waals surface area contributed by atoms with Gasteiger partial charge in [0.1, 0.15) is 17.7 Å². The summed E-state index contributed by atoms with van der Waals surface area (Å²) in [6.07, 6.45) is 1.75. The second-order valence-corrected chi connectivity index (χ2v) is 6.00. The molecule has 0 fully saturated rings. The highest BCUT2D eigenvalue weighted by Crippen LogP contribution is 2.16. The quantitative estimate of drug-likeness (QED) is 0.767. The number of carbonyl (C=O) groups excluding carboxylic acids is 1. The fourth-order valence-corrected chi connectivity index (χ4v) is 2.80. The maximum atomic E-state index is 12.3. The summed E-state index contributed by atoms with van der Waals surface area (Å²) >= 11 is 0. The number of nitrogens with one attached hydrogen (secondary N) is 1. The molecule has 1 aromatic rings. The minimum Gasteiger partial charge on any atom is -0.465 e. The standard InChI is InChI=1S/C14H25N5O2/c1-5-21-13(20)14(4,16-11(2)3)9-18-6-7-19-10-15-17-12(19)8-18/h10-11,16H,5-9H2,1-4H3. The molecule has 0 saturated heterocycles. The van der Waals surface area contributed by atoms with Crippen LogP contribution in [0.4, 0.5) is 0 Å². The SMILES string of the molecule is CCOC(=O)C(C)(CN1CCn2cnnc2C1)NC(C)C. The molecule has 2 rings (SSSR count). The highest BCUT2D eigenvalue weighted by atomic mass is 16.5. The molecule has 0 radical (unpaired) electrons. The molecule has 21 heavy (non-hydrogen) atoms. The van der Waals surface area contributed by atoms with E-state index >= 15 is 0 Å². The van der Waals surface area contributed by atoms with Crippen molar-refractivity contribution in [1.82, 2.24) is 25.0 Å². The highest BCUT2D eigenvalue weighted by Gasteiger charge is 2.37. The number of rotatable bonds is 6. The summed E-state index contributed by atoms with van der Waals surface area (Å²) in [7, 11) is 0. The summed E-state index contributed by atoms with van der Waals surface area (Å²) in [4.78, 5) is 14.5. The molecule has 2 heterocycles. The maximum absolute atomic E-state index is 12.3. The number of esters is 1. The van der Waals surface area contributed by atoms with Crippen LogP contribution in [0.2, 0.25) is 0 Å². The lowest BCUT2D eigenvalue weighted by Crippen LogP contribution is -2.60. The molecule has 0 bridgehead atoms. The van der Waals surface area contributed by atoms with Gasteiger partial charge in [-0.1, -0.05) is 0 Å². The van der Waals surface area contributed by atoms with Gasteiger partial charge in [0, 0.05) is 25.7 Å². The molecular formula is C14H25N5O2. The lowest BCUT2D eigenvalue weighted by atomic mass is 10.00. The van der Waals surface area contributed by atoms with Gasteiger partial charge >= 0.3 is 5.97 Å². The van der Waals surface area contributed by atoms with Crippen LogP contribution in [-0.4, -0.2) is 56.9 Å². The Labute approximate surface area is 125 Å². The lowest BCUT2D eigenvalue weighted by Gasteiger charge is -2.37. The number of fused-ring (bicyclic) bond motifs is 1. The van der Waals surface area contributed by atoms with Crippen molar-refractivity contribution in [3.63, 3.8) is 0 Å². The maximum Gasteiger partial charge on any atom is 0.327 e. The summed E-state index contributed by atoms with van der Waals surface area (Å²) < 4.78 is 7.29. The van der Waals surface area contributed by atoms with Crippen molar-refractivity contribution < 1.29 is 9.53 Å². The average molecular weight is 295 g/mol. The molecular weight excluding hydrogens is 270 g/mol. The fourth-order valence-electron chi connectivity index (χ4n) is 2.80. The first-order valence-corrected chi connectivity index (χ1v) is 7.48. The monoisotopic (exact) mass is 295 g/mol. The van der Waals surface area contributed by atoms with Crippen molar-refractivity contribution in [3.05, 3.63) is 12.2 Å². The Balaban J connectivity index is 2.07. The molecule has 1 aliphatic heterocycles. The van der Waals surface area contributed by atoms with Gasteiger partial charge in [0.05, 0.1) is 13.2 Å². The first-order valence-electron chi connectivity index (χ1n) is 7.48. The van der Waals surface area contributed by atoms with E-state index in [0.29, 0.717) is 19.7 Å². The Bertz CT molecular complexity index is 487. The van der Waals surface area contributed by atoms with Gasteiger partial charge in [0.15, 0.2) is 0 Å². The third kappa shape index (κ3) is 3.79. The normalized spacial score (nSPS) is 18.3. The smallest absolute Gasteiger partial charge is 0.327 e. The Hall–Kier alpha value is -1.47. The van der Waals surface area contributed by atoms with Gasteiger partial charge in [-0.3, -0.25) is 15.0 Å². The molecule has 0 spiro atoms. The van der Waals surface area contributed by atoms with Gasteiger partial charge in [0.2, 0.25) is 0 Å². The zero-order valence-electron chi connectivity index (χ0n) is 13.3. The Morgan fingerprint density at radius 1 is 1.52 bits per heavy atom. The van der Waals surface area contributed by atoms with Gasteiger partial charge in [-0.05, 0) is 27.7 Å². The Morgan fingerprint density at radius 3 is 2.95 bits per heavy atom. The summed E-state index contributed by atoms with van der Waals surface area (Å²) in [6.45, 7) is 11.2. The van der Waals surface area contributed by atoms with Crippen LogP contribution >= 0.6 is 0 Å². The second kappa shape index (κ2) is 6.53. The Morgan fingerprint density at radius 2 is 2.29 bits per heavy atom. The van der Waals surface area contributed by atoms with E-state index in [9.17, 15) is 4.79 Å². The molecule has 0 aromatic carbocycles. The Kier molecular flexibility index (Phi) is 4.95. The zero-order valence-corrected chi connectivity index (χ0v) is 13.3. The van der Waals surface area contributed by atoms with Crippen LogP contribution in [0.1, 0.15) is 33.5 Å². The van der Waals surface area contributed by atoms with Crippen LogP contribution < -0.4 is 5.32 Å². The summed E-state index contributed by atoms with van der Waals surface area (Å²) in [5.74, 6) is 0.739. The van der Waals surface area contributed by atoms with Crippen molar-refractivity contribution in [2.24, 2.45) is 0 Å². The lowest BCUT2D eigenvalue weighted by molar-refractivity contribution is -0.152. The molecule has 118 valence electrons. The van der Waals surface area contributed by atoms with Gasteiger partial charge in [-0.25, -0.2) is 0 Å². The number of carbonyl (C=O) groups is 1. The third-order valence-electron chi connectivity index (χ3n) is 3.59. The van der Waals surface area contributed by atoms with E-state index in [2.05, 4.69) is 20.4 Å². The van der Waals surface area contributed by atoms with E-state index in [1.807, 2.05) is 32.3 Å². The molecule has 0 amide bonds. The van der Waals surface area contributed by atoms with Crippen LogP contribution in [-0.2, 0) is 22.6 Å². The summed E-state index contributed by atoms with van der Waals surface area (Å²) in [6, 6.07) is 0.202. The predicted octanol–water partition coefficient (Wildman–Crippen LogP) is 0.414. The summed E-state index contributed by atoms with van der Waals surface area (Å²) in [5.41, 5.74) is -0.716. The van der Waals surface area contributed by atoms with E-state index in [-0.39, 0.29) is 12.0 Å². The first-order chi connectivity index (χ1) is 9.94. The number of ether oxygens (including phenoxy) is 1. The van der Waals surface area contributed by atoms with Crippen LogP contribution in [0, 0.1) is 0 Å². The molecule has 0 saturated carbocycles. The highest BCUT2D eigenvalue weighted by molar-refractivity contribution is 5.80. The fraction of sp³-hybridized carbons (Fsp3) is 0.786. The number of hydrogen-bond acceptors (Lipinski definition) is 6. The van der Waals surface area contributed by atoms with Crippen molar-refractivity contribution >= 4 is 5.97 Å². The van der Waals surface area contributed by atoms with Gasteiger partial charge < -0.3 is 9.30 Å². The van der Waals surface area contributed by atoms with Crippen molar-refractivity contribution in [2.75, 3.05) is 19.7 Å². The molecule has 1 atom stereocenters. The molecule has 1 N–H and O–H groups in total. The van der Waals surface area contributed by atoms with E-state index in [4.69, 9.17) is 4.74 Å². The number of hydrogen-bond donors (Lipinski definition) is 1. The van der Waals surface area contributed by atoms with Crippen LogP contribution in [0.3, 0.4) is 0 Å². The van der Waals surface area contributed by atoms with Crippen molar-refractivity contribution in [2.45, 2.75) is 52.4 Å². The van der Waals surface area contributed by atoms with Gasteiger partial charge in [-0.2, -0.15) is 0 Å². The average Bonchev–Trinajstić information content (AvgIpc) is 2.85. The molecule has 1 aliphatic rings. The van der Waals surface area contributed by atoms with E-state index in [1.165, 1.54) is 0 Å². The zero-order chi connectivity index (χ0) is 15.5. The second-order valence-electron chi connectivity index (χ2n) is 6.00. The largest absolute Gasteiger partial charge is 0.465 e. The molecule has 7 nitrogen and oxygen atoms in total. The van der Waals surface area contributed by atoms with Crippen molar-refractivity contribution in [3.8, 4) is 0 Å². The molecule has 7 heteroatoms. The number of aromatic nitrogens is 3. The molecule has 1 aromatic heterocycles. The third-order valence-corrected chi connectivity index (χ3v) is 3.59. The first kappa shape index (κ1) is 15.9. The van der Waals surface area contributed by atoms with E-state index < -0.39 is 5.54 Å². The van der Waals surface area contributed by atoms with Crippen molar-refractivity contribution in [1.29, 1.82) is 0 Å². The van der Waals surface area contributed by atoms with E-state index in [0.717, 1.165) is 18.9 Å². The van der Waals surface area contributed by atoms with Crippen LogP contribution in [0.5, 0.6) is 0 Å². The minimum atomic E-state index is -0.716. The predicted molar refractivity (Wildman–Crippen MR) is 78.6 cm³/mol. The molecule has 0 aliphatic carbocycles. The van der Waals surface area contributed by atoms with Crippen LogP contribution in [0.15, 0.2) is 6.33 Å². The topological polar surface area (TPSA) is 72.3 Å².